The highest BCUT2D eigenvalue weighted by Gasteiger charge is 2.30. The highest BCUT2D eigenvalue weighted by Crippen LogP contribution is 2.35. The molecule has 0 aromatic carbocycles. The number of aliphatic carboxylic acids is 1. The van der Waals surface area contributed by atoms with E-state index in [1.165, 1.54) is 12.8 Å². The van der Waals surface area contributed by atoms with Crippen LogP contribution in [0.3, 0.4) is 0 Å². The highest BCUT2D eigenvalue weighted by molar-refractivity contribution is 5.73. The summed E-state index contributed by atoms with van der Waals surface area (Å²) in [5.74, 6) is -0.693. The maximum atomic E-state index is 11.2. The molecule has 1 aliphatic rings. The normalized spacial score (nSPS) is 25.5. The van der Waals surface area contributed by atoms with E-state index in [1.54, 1.807) is 0 Å². The molecule has 0 aromatic rings. The zero-order valence-electron chi connectivity index (χ0n) is 11.5. The van der Waals surface area contributed by atoms with Gasteiger partial charge in [0.15, 0.2) is 0 Å². The van der Waals surface area contributed by atoms with Crippen molar-refractivity contribution in [2.45, 2.75) is 77.8 Å². The number of rotatable bonds is 6. The number of unbranched alkanes of at least 4 members (excludes halogenated alkanes) is 1. The van der Waals surface area contributed by atoms with E-state index in [4.69, 9.17) is 0 Å². The Morgan fingerprint density at radius 1 is 1.53 bits per heavy atom. The van der Waals surface area contributed by atoms with Gasteiger partial charge in [-0.3, -0.25) is 4.79 Å². The van der Waals surface area contributed by atoms with Crippen LogP contribution in [0.5, 0.6) is 0 Å². The third-order valence-electron chi connectivity index (χ3n) is 3.79. The van der Waals surface area contributed by atoms with Crippen LogP contribution in [-0.2, 0) is 4.79 Å². The van der Waals surface area contributed by atoms with E-state index in [0.717, 1.165) is 32.1 Å². The van der Waals surface area contributed by atoms with Crippen molar-refractivity contribution in [1.29, 1.82) is 0 Å². The molecule has 2 atom stereocenters. The number of nitrogens with one attached hydrogen (secondary N) is 1. The molecular weight excluding hydrogens is 214 g/mol. The average molecular weight is 241 g/mol. The second kappa shape index (κ2) is 6.39. The Hall–Kier alpha value is -0.570. The molecule has 0 aliphatic heterocycles. The fourth-order valence-corrected chi connectivity index (χ4v) is 2.81. The number of carbonyl (C=O) groups is 1. The SMILES string of the molecule is CCCC[C@H](NC1CCCC(C)(C)C1)C(=O)O. The van der Waals surface area contributed by atoms with E-state index in [9.17, 15) is 9.90 Å². The van der Waals surface area contributed by atoms with Crippen molar-refractivity contribution in [2.24, 2.45) is 5.41 Å². The quantitative estimate of drug-likeness (QED) is 0.751. The predicted octanol–water partition coefficient (Wildman–Crippen LogP) is 3.19. The van der Waals surface area contributed by atoms with Crippen LogP contribution in [-0.4, -0.2) is 23.2 Å². The fraction of sp³-hybridized carbons (Fsp3) is 0.929. The minimum Gasteiger partial charge on any atom is -0.480 e. The lowest BCUT2D eigenvalue weighted by atomic mass is 9.75. The molecule has 2 N–H and O–H groups in total. The first-order valence-corrected chi connectivity index (χ1v) is 6.93. The Balaban J connectivity index is 2.46. The van der Waals surface area contributed by atoms with Crippen molar-refractivity contribution < 1.29 is 9.90 Å². The standard InChI is InChI=1S/C14H27NO2/c1-4-5-8-12(13(16)17)15-11-7-6-9-14(2,3)10-11/h11-12,15H,4-10H2,1-3H3,(H,16,17)/t11?,12-/m0/s1. The van der Waals surface area contributed by atoms with Crippen LogP contribution in [0, 0.1) is 5.41 Å². The summed E-state index contributed by atoms with van der Waals surface area (Å²) in [6.07, 6.45) is 7.50. The van der Waals surface area contributed by atoms with Crippen molar-refractivity contribution in [3.63, 3.8) is 0 Å². The van der Waals surface area contributed by atoms with E-state index in [2.05, 4.69) is 26.1 Å². The van der Waals surface area contributed by atoms with Crippen LogP contribution >= 0.6 is 0 Å². The molecule has 100 valence electrons. The summed E-state index contributed by atoms with van der Waals surface area (Å²) in [6, 6.07) is 0.0329. The Morgan fingerprint density at radius 2 is 2.24 bits per heavy atom. The molecular formula is C14H27NO2. The highest BCUT2D eigenvalue weighted by atomic mass is 16.4. The van der Waals surface area contributed by atoms with Gasteiger partial charge in [0.05, 0.1) is 0 Å². The second-order valence-electron chi connectivity index (χ2n) is 6.16. The summed E-state index contributed by atoms with van der Waals surface area (Å²) in [5, 5.41) is 12.5. The lowest BCUT2D eigenvalue weighted by molar-refractivity contribution is -0.140. The first-order chi connectivity index (χ1) is 7.94. The summed E-state index contributed by atoms with van der Waals surface area (Å²) in [4.78, 5) is 11.2. The zero-order valence-corrected chi connectivity index (χ0v) is 11.5. The minimum absolute atomic E-state index is 0.353. The molecule has 0 amide bonds. The van der Waals surface area contributed by atoms with Gasteiger partial charge in [0, 0.05) is 6.04 Å². The topological polar surface area (TPSA) is 49.3 Å². The third kappa shape index (κ3) is 5.07. The third-order valence-corrected chi connectivity index (χ3v) is 3.79. The summed E-state index contributed by atoms with van der Waals surface area (Å²) < 4.78 is 0. The molecule has 0 spiro atoms. The lowest BCUT2D eigenvalue weighted by Crippen LogP contribution is -2.46. The Kier molecular flexibility index (Phi) is 5.44. The molecule has 1 unspecified atom stereocenters. The number of hydrogen-bond donors (Lipinski definition) is 2. The predicted molar refractivity (Wildman–Crippen MR) is 70.1 cm³/mol. The molecule has 1 saturated carbocycles. The monoisotopic (exact) mass is 241 g/mol. The van der Waals surface area contributed by atoms with Gasteiger partial charge in [-0.25, -0.2) is 0 Å². The van der Waals surface area contributed by atoms with Crippen LogP contribution in [0.15, 0.2) is 0 Å². The second-order valence-corrected chi connectivity index (χ2v) is 6.16. The van der Waals surface area contributed by atoms with Gasteiger partial charge in [-0.05, 0) is 31.1 Å². The fourth-order valence-electron chi connectivity index (χ4n) is 2.81. The summed E-state index contributed by atoms with van der Waals surface area (Å²) in [7, 11) is 0. The van der Waals surface area contributed by atoms with Crippen molar-refractivity contribution in [1.82, 2.24) is 5.32 Å². The average Bonchev–Trinajstić information content (AvgIpc) is 2.22. The summed E-state index contributed by atoms with van der Waals surface area (Å²) in [5.41, 5.74) is 0.365. The number of hydrogen-bond acceptors (Lipinski definition) is 2. The molecule has 1 aliphatic carbocycles. The molecule has 0 radical (unpaired) electrons. The summed E-state index contributed by atoms with van der Waals surface area (Å²) in [6.45, 7) is 6.66. The van der Waals surface area contributed by atoms with Crippen molar-refractivity contribution in [3.05, 3.63) is 0 Å². The smallest absolute Gasteiger partial charge is 0.320 e. The maximum Gasteiger partial charge on any atom is 0.320 e. The zero-order chi connectivity index (χ0) is 12.9. The van der Waals surface area contributed by atoms with Gasteiger partial charge >= 0.3 is 5.97 Å². The Bertz CT molecular complexity index is 251. The molecule has 0 bridgehead atoms. The Labute approximate surface area is 105 Å². The van der Waals surface area contributed by atoms with E-state index in [1.807, 2.05) is 0 Å². The van der Waals surface area contributed by atoms with Crippen molar-refractivity contribution in [3.8, 4) is 0 Å². The van der Waals surface area contributed by atoms with E-state index < -0.39 is 5.97 Å². The van der Waals surface area contributed by atoms with Gasteiger partial charge in [0.25, 0.3) is 0 Å². The number of carboxylic acids is 1. The van der Waals surface area contributed by atoms with Crippen LogP contribution in [0.4, 0.5) is 0 Å². The van der Waals surface area contributed by atoms with Gasteiger partial charge in [-0.2, -0.15) is 0 Å². The molecule has 3 heteroatoms. The van der Waals surface area contributed by atoms with Crippen LogP contribution in [0.2, 0.25) is 0 Å². The maximum absolute atomic E-state index is 11.2. The van der Waals surface area contributed by atoms with Gasteiger partial charge in [0.2, 0.25) is 0 Å². The van der Waals surface area contributed by atoms with Crippen molar-refractivity contribution in [2.75, 3.05) is 0 Å². The van der Waals surface area contributed by atoms with Crippen LogP contribution in [0.25, 0.3) is 0 Å². The van der Waals surface area contributed by atoms with E-state index >= 15 is 0 Å². The van der Waals surface area contributed by atoms with Crippen molar-refractivity contribution >= 4 is 5.97 Å². The number of carboxylic acid groups (broad SMARTS) is 1. The first-order valence-electron chi connectivity index (χ1n) is 6.93. The van der Waals surface area contributed by atoms with Crippen LogP contribution in [0.1, 0.15) is 65.7 Å². The molecule has 17 heavy (non-hydrogen) atoms. The lowest BCUT2D eigenvalue weighted by Gasteiger charge is -2.37. The largest absolute Gasteiger partial charge is 0.480 e. The van der Waals surface area contributed by atoms with Crippen LogP contribution < -0.4 is 5.32 Å². The Morgan fingerprint density at radius 3 is 2.76 bits per heavy atom. The van der Waals surface area contributed by atoms with Gasteiger partial charge < -0.3 is 10.4 Å². The van der Waals surface area contributed by atoms with E-state index in [0.29, 0.717) is 11.5 Å². The first kappa shape index (κ1) is 14.5. The van der Waals surface area contributed by atoms with Gasteiger partial charge in [-0.15, -0.1) is 0 Å². The summed E-state index contributed by atoms with van der Waals surface area (Å²) >= 11 is 0. The van der Waals surface area contributed by atoms with Gasteiger partial charge in [0.1, 0.15) is 6.04 Å². The minimum atomic E-state index is -0.693. The molecule has 1 fully saturated rings. The molecule has 3 nitrogen and oxygen atoms in total. The van der Waals surface area contributed by atoms with E-state index in [-0.39, 0.29) is 6.04 Å². The molecule has 0 heterocycles. The molecule has 0 saturated heterocycles. The molecule has 1 rings (SSSR count). The molecule has 0 aromatic heterocycles. The van der Waals surface area contributed by atoms with Gasteiger partial charge in [-0.1, -0.05) is 40.0 Å².